The SMILES string of the molecule is CSC.CSC.CSc1ccc(-c2ccc(C)cc2)cc1.CSc1ccc(C(=O)c2ccc(C)cc2)cc1.CSc1ccc(Oc2ccc(C)cc2)cc1.CSc1ccc(S(=O)(=O)c2ccc(C)cc2)cc1.CSc1cccc(C)c1.Cc1ccccc1. The van der Waals surface area contributed by atoms with Gasteiger partial charge in [0, 0.05) is 35.6 Å². The van der Waals surface area contributed by atoms with Crippen molar-refractivity contribution in [1.29, 1.82) is 0 Å². The van der Waals surface area contributed by atoms with Crippen LogP contribution in [0.25, 0.3) is 11.1 Å². The number of hydrogen-bond donors (Lipinski definition) is 0. The predicted octanol–water partition coefficient (Wildman–Crippen LogP) is 23.1. The molecule has 0 heterocycles. The first kappa shape index (κ1) is 76.3. The van der Waals surface area contributed by atoms with E-state index in [-0.39, 0.29) is 5.78 Å². The van der Waals surface area contributed by atoms with E-state index in [1.165, 1.54) is 58.5 Å². The largest absolute Gasteiger partial charge is 0.457 e. The summed E-state index contributed by atoms with van der Waals surface area (Å²) in [7, 11) is -3.39. The lowest BCUT2D eigenvalue weighted by Gasteiger charge is -2.06. The van der Waals surface area contributed by atoms with Gasteiger partial charge in [0.25, 0.3) is 0 Å². The van der Waals surface area contributed by atoms with Gasteiger partial charge in [-0.1, -0.05) is 161 Å². The predicted molar refractivity (Wildman–Crippen MR) is 399 cm³/mol. The fourth-order valence-electron chi connectivity index (χ4n) is 7.41. The molecular formula is C76H86O4S8. The molecule has 12 heteroatoms. The lowest BCUT2D eigenvalue weighted by molar-refractivity contribution is 0.103. The number of sulfone groups is 1. The number of rotatable bonds is 12. The lowest BCUT2D eigenvalue weighted by Crippen LogP contribution is -2.01. The summed E-state index contributed by atoms with van der Waals surface area (Å²) < 4.78 is 30.4. The summed E-state index contributed by atoms with van der Waals surface area (Å²) in [5.41, 5.74) is 11.5. The molecule has 0 amide bonds. The van der Waals surface area contributed by atoms with Crippen molar-refractivity contribution in [3.05, 3.63) is 293 Å². The van der Waals surface area contributed by atoms with Gasteiger partial charge in [0.05, 0.1) is 9.79 Å². The fraction of sp³-hybridized carbons (Fsp3) is 0.197. The first-order valence-corrected chi connectivity index (χ1v) is 39.0. The van der Waals surface area contributed by atoms with Gasteiger partial charge in [-0.15, -0.1) is 58.8 Å². The molecule has 0 N–H and O–H groups in total. The summed E-state index contributed by atoms with van der Waals surface area (Å²) >= 11 is 12.1. The number of ether oxygens (including phenoxy) is 1. The Morgan fingerprint density at radius 3 is 0.920 bits per heavy atom. The fourth-order valence-corrected chi connectivity index (χ4v) is 10.8. The second-order valence-electron chi connectivity index (χ2n) is 19.6. The third-order valence-electron chi connectivity index (χ3n) is 12.3. The summed E-state index contributed by atoms with van der Waals surface area (Å²) in [4.78, 5) is 19.0. The molecule has 0 aliphatic heterocycles. The highest BCUT2D eigenvalue weighted by atomic mass is 32.2. The Morgan fingerprint density at radius 1 is 0.295 bits per heavy atom. The van der Waals surface area contributed by atoms with Crippen LogP contribution in [0.15, 0.2) is 283 Å². The molecule has 0 saturated heterocycles. The van der Waals surface area contributed by atoms with Gasteiger partial charge in [0.1, 0.15) is 11.5 Å². The molecule has 88 heavy (non-hydrogen) atoms. The maximum absolute atomic E-state index is 12.3. The average Bonchev–Trinajstić information content (AvgIpc) is 3.68. The molecule has 10 aromatic rings. The average molecular weight is 1320 g/mol. The molecule has 4 nitrogen and oxygen atoms in total. The second-order valence-corrected chi connectivity index (χ2v) is 27.6. The van der Waals surface area contributed by atoms with Crippen molar-refractivity contribution >= 4 is 98.0 Å². The molecule has 0 fully saturated rings. The third-order valence-corrected chi connectivity index (χ3v) is 17.8. The van der Waals surface area contributed by atoms with Crippen molar-refractivity contribution in [2.75, 3.05) is 56.3 Å². The van der Waals surface area contributed by atoms with Crippen LogP contribution in [-0.4, -0.2) is 70.5 Å². The van der Waals surface area contributed by atoms with Crippen LogP contribution in [0.3, 0.4) is 0 Å². The van der Waals surface area contributed by atoms with Crippen molar-refractivity contribution in [3.63, 3.8) is 0 Å². The third kappa shape index (κ3) is 29.6. The number of ketones is 1. The zero-order valence-electron chi connectivity index (χ0n) is 53.6. The summed E-state index contributed by atoms with van der Waals surface area (Å²) in [5.74, 6) is 1.84. The van der Waals surface area contributed by atoms with E-state index in [4.69, 9.17) is 4.74 Å². The monoisotopic (exact) mass is 1320 g/mol. The van der Waals surface area contributed by atoms with Crippen molar-refractivity contribution in [2.24, 2.45) is 0 Å². The van der Waals surface area contributed by atoms with E-state index in [1.54, 1.807) is 107 Å². The smallest absolute Gasteiger partial charge is 0.206 e. The summed E-state index contributed by atoms with van der Waals surface area (Å²) in [6, 6.07) is 81.5. The van der Waals surface area contributed by atoms with Crippen LogP contribution in [-0.2, 0) is 9.84 Å². The van der Waals surface area contributed by atoms with E-state index in [1.807, 2.05) is 179 Å². The number of thioether (sulfide) groups is 7. The van der Waals surface area contributed by atoms with E-state index < -0.39 is 9.84 Å². The van der Waals surface area contributed by atoms with E-state index in [0.717, 1.165) is 33.1 Å². The van der Waals surface area contributed by atoms with E-state index in [0.29, 0.717) is 9.79 Å². The summed E-state index contributed by atoms with van der Waals surface area (Å²) in [5, 5.41) is 0. The summed E-state index contributed by atoms with van der Waals surface area (Å²) in [6.45, 7) is 12.3. The van der Waals surface area contributed by atoms with Crippen LogP contribution in [0, 0.1) is 41.5 Å². The zero-order valence-corrected chi connectivity index (χ0v) is 60.1. The quantitative estimate of drug-likeness (QED) is 0.0868. The van der Waals surface area contributed by atoms with Gasteiger partial charge in [-0.05, 0) is 230 Å². The topological polar surface area (TPSA) is 60.4 Å². The molecule has 0 aromatic heterocycles. The normalized spacial score (nSPS) is 9.99. The molecule has 462 valence electrons. The van der Waals surface area contributed by atoms with Gasteiger partial charge in [0.15, 0.2) is 5.78 Å². The Hall–Kier alpha value is -5.93. The molecule has 0 atom stereocenters. The zero-order chi connectivity index (χ0) is 64.7. The van der Waals surface area contributed by atoms with Crippen LogP contribution in [0.1, 0.15) is 49.3 Å². The van der Waals surface area contributed by atoms with Crippen molar-refractivity contribution in [3.8, 4) is 22.6 Å². The summed E-state index contributed by atoms with van der Waals surface area (Å²) in [6.07, 6.45) is 18.4. The minimum atomic E-state index is -3.39. The van der Waals surface area contributed by atoms with E-state index in [2.05, 4.69) is 144 Å². The Morgan fingerprint density at radius 2 is 0.568 bits per heavy atom. The van der Waals surface area contributed by atoms with Crippen molar-refractivity contribution < 1.29 is 17.9 Å². The van der Waals surface area contributed by atoms with Crippen LogP contribution in [0.4, 0.5) is 0 Å². The molecule has 10 rings (SSSR count). The highest BCUT2D eigenvalue weighted by molar-refractivity contribution is 7.99. The Balaban J connectivity index is 0.000000276. The lowest BCUT2D eigenvalue weighted by atomic mass is 10.0. The number of carbonyl (C=O) groups is 1. The molecule has 0 unspecified atom stereocenters. The maximum Gasteiger partial charge on any atom is 0.206 e. The Bertz CT molecular complexity index is 3580. The maximum atomic E-state index is 12.3. The first-order valence-electron chi connectivity index (χ1n) is 28.1. The molecular weight excluding hydrogens is 1230 g/mol. The Kier molecular flexibility index (Phi) is 37.9. The minimum absolute atomic E-state index is 0.0812. The molecule has 10 aromatic carbocycles. The van der Waals surface area contributed by atoms with Crippen LogP contribution >= 0.6 is 82.3 Å². The number of benzene rings is 10. The van der Waals surface area contributed by atoms with E-state index >= 15 is 0 Å². The van der Waals surface area contributed by atoms with Crippen LogP contribution in [0.2, 0.25) is 0 Å². The number of hydrogen-bond acceptors (Lipinski definition) is 11. The number of aryl methyl sites for hydroxylation is 6. The first-order chi connectivity index (χ1) is 42.4. The Labute approximate surface area is 559 Å². The highest BCUT2D eigenvalue weighted by Gasteiger charge is 2.17. The minimum Gasteiger partial charge on any atom is -0.457 e. The molecule has 0 radical (unpaired) electrons. The molecule has 0 spiro atoms. The van der Waals surface area contributed by atoms with Crippen molar-refractivity contribution in [2.45, 2.75) is 75.8 Å². The van der Waals surface area contributed by atoms with Crippen LogP contribution < -0.4 is 4.74 Å². The molecule has 0 aliphatic carbocycles. The van der Waals surface area contributed by atoms with Gasteiger partial charge < -0.3 is 4.74 Å². The van der Waals surface area contributed by atoms with Gasteiger partial charge >= 0.3 is 0 Å². The van der Waals surface area contributed by atoms with Crippen molar-refractivity contribution in [1.82, 2.24) is 0 Å². The van der Waals surface area contributed by atoms with Gasteiger partial charge in [0.2, 0.25) is 9.84 Å². The standard InChI is InChI=1S/C15H14OS.C14H14O2S2.C14H14OS.C14H14S.C8H10S.C7H8.2C2H6S/c1-11-3-5-12(6-4-11)15(16)13-7-9-14(17-2)10-8-13;1-11-3-7-13(8-4-11)18(15,16)14-9-5-12(17-2)6-10-14;1-11-3-5-12(6-4-11)15-13-7-9-14(16-2)10-8-13;1-11-3-5-12(6-4-11)13-7-9-14(15-2)10-8-13;1-7-4-3-5-8(6-7)9-2;1-7-5-3-2-4-6-7;2*1-3-2/h3-10H,1-2H3;3-10H,1-2H3;3-10H,1-2H3;3-10H,1-2H3;3-6H,1-2H3;2-6H,1H3;2*1-2H3. The second kappa shape index (κ2) is 43.7. The van der Waals surface area contributed by atoms with E-state index in [9.17, 15) is 13.2 Å². The van der Waals surface area contributed by atoms with Crippen LogP contribution in [0.5, 0.6) is 11.5 Å². The highest BCUT2D eigenvalue weighted by Crippen LogP contribution is 2.27. The van der Waals surface area contributed by atoms with Gasteiger partial charge in [-0.2, -0.15) is 23.5 Å². The van der Waals surface area contributed by atoms with Gasteiger partial charge in [-0.3, -0.25) is 4.79 Å². The molecule has 0 aliphatic rings. The van der Waals surface area contributed by atoms with Gasteiger partial charge in [-0.25, -0.2) is 8.42 Å². The molecule has 0 saturated carbocycles. The number of carbonyl (C=O) groups excluding carboxylic acids is 1. The molecule has 0 bridgehead atoms.